The van der Waals surface area contributed by atoms with Crippen molar-refractivity contribution in [3.63, 3.8) is 0 Å². The molecule has 0 radical (unpaired) electrons. The molecule has 0 heterocycles. The molecule has 0 aliphatic heterocycles. The summed E-state index contributed by atoms with van der Waals surface area (Å²) in [5.74, 6) is -0.462. The SMILES string of the molecule is COCOC1(C(=O)N(C)OC)CC([N+](=O)[O-])=CC(OC)=C1c1ccccc1.[Li][CH2]CCC. The Kier molecular flexibility index (Phi) is 12.3. The predicted molar refractivity (Wildman–Crippen MR) is 121 cm³/mol. The Morgan fingerprint density at radius 1 is 1.25 bits per heavy atom. The summed E-state index contributed by atoms with van der Waals surface area (Å²) in [6.45, 7) is 1.95. The average Bonchev–Trinajstić information content (AvgIpc) is 2.82. The van der Waals surface area contributed by atoms with Crippen molar-refractivity contribution in [2.75, 3.05) is 35.2 Å². The van der Waals surface area contributed by atoms with E-state index in [-0.39, 0.29) is 24.7 Å². The van der Waals surface area contributed by atoms with E-state index in [1.807, 2.05) is 6.07 Å². The molecule has 0 saturated carbocycles. The molecular formula is C22H31LiN2O7. The molecule has 1 aliphatic rings. The second kappa shape index (κ2) is 14.1. The first kappa shape index (κ1) is 27.9. The van der Waals surface area contributed by atoms with Crippen LogP contribution in [0, 0.1) is 10.1 Å². The first-order valence-corrected chi connectivity index (χ1v) is 10.5. The van der Waals surface area contributed by atoms with E-state index in [2.05, 4.69) is 24.6 Å². The zero-order valence-electron chi connectivity index (χ0n) is 19.8. The summed E-state index contributed by atoms with van der Waals surface area (Å²) in [4.78, 5) is 29.2. The van der Waals surface area contributed by atoms with Gasteiger partial charge in [-0.1, -0.05) is 30.3 Å². The fraction of sp³-hybridized carbons (Fsp3) is 0.500. The van der Waals surface area contributed by atoms with Crippen molar-refractivity contribution in [2.45, 2.75) is 36.9 Å². The zero-order chi connectivity index (χ0) is 24.1. The number of rotatable bonds is 10. The zero-order valence-corrected chi connectivity index (χ0v) is 19.8. The van der Waals surface area contributed by atoms with Crippen molar-refractivity contribution in [1.29, 1.82) is 0 Å². The normalized spacial score (nSPS) is 17.8. The van der Waals surface area contributed by atoms with Crippen LogP contribution in [0.5, 0.6) is 0 Å². The van der Waals surface area contributed by atoms with Gasteiger partial charge in [0.15, 0.2) is 5.60 Å². The van der Waals surface area contributed by atoms with Crippen LogP contribution in [-0.4, -0.2) is 74.4 Å². The van der Waals surface area contributed by atoms with Crippen LogP contribution in [0.25, 0.3) is 5.57 Å². The summed E-state index contributed by atoms with van der Waals surface area (Å²) >= 11 is 2.21. The fourth-order valence-corrected chi connectivity index (χ4v) is 3.29. The number of carbonyl (C=O) groups is 1. The molecule has 0 fully saturated rings. The number of likely N-dealkylation sites (N-methyl/N-ethyl adjacent to an activating group) is 1. The molecule has 1 aromatic carbocycles. The number of allylic oxidation sites excluding steroid dienone is 1. The van der Waals surface area contributed by atoms with Crippen molar-refractivity contribution in [3.8, 4) is 0 Å². The summed E-state index contributed by atoms with van der Waals surface area (Å²) in [5.41, 5.74) is -0.991. The third-order valence-electron chi connectivity index (χ3n) is 4.93. The number of benzene rings is 1. The number of hydrogen-bond donors (Lipinski definition) is 0. The Labute approximate surface area is 198 Å². The molecule has 10 heteroatoms. The maximum absolute atomic E-state index is 13.3. The van der Waals surface area contributed by atoms with E-state index in [0.717, 1.165) is 5.06 Å². The van der Waals surface area contributed by atoms with Gasteiger partial charge in [-0.25, -0.2) is 5.06 Å². The molecular weight excluding hydrogens is 411 g/mol. The van der Waals surface area contributed by atoms with E-state index < -0.39 is 16.4 Å². The Morgan fingerprint density at radius 2 is 1.91 bits per heavy atom. The van der Waals surface area contributed by atoms with Crippen LogP contribution in [-0.2, 0) is 23.8 Å². The molecule has 0 N–H and O–H groups in total. The van der Waals surface area contributed by atoms with Crippen molar-refractivity contribution in [1.82, 2.24) is 5.06 Å². The summed E-state index contributed by atoms with van der Waals surface area (Å²) in [7, 11) is 5.50. The fourth-order valence-electron chi connectivity index (χ4n) is 3.29. The van der Waals surface area contributed by atoms with Crippen LogP contribution < -0.4 is 0 Å². The first-order chi connectivity index (χ1) is 15.3. The molecule has 0 bridgehead atoms. The Hall–Kier alpha value is -2.15. The number of hydrogen-bond acceptors (Lipinski definition) is 7. The van der Waals surface area contributed by atoms with Gasteiger partial charge in [0.1, 0.15) is 12.6 Å². The molecule has 0 saturated heterocycles. The van der Waals surface area contributed by atoms with Crippen LogP contribution in [0.1, 0.15) is 31.7 Å². The van der Waals surface area contributed by atoms with Gasteiger partial charge in [0.2, 0.25) is 0 Å². The number of methoxy groups -OCH3 is 2. The number of unbranched alkanes of at least 4 members (excludes halogenated alkanes) is 1. The number of ether oxygens (including phenoxy) is 3. The van der Waals surface area contributed by atoms with Gasteiger partial charge in [-0.3, -0.25) is 19.7 Å². The van der Waals surface area contributed by atoms with Crippen LogP contribution in [0.4, 0.5) is 0 Å². The summed E-state index contributed by atoms with van der Waals surface area (Å²) in [6, 6.07) is 8.93. The molecule has 1 unspecified atom stereocenters. The van der Waals surface area contributed by atoms with Crippen LogP contribution in [0.15, 0.2) is 47.9 Å². The van der Waals surface area contributed by atoms with Crippen molar-refractivity contribution in [3.05, 3.63) is 63.5 Å². The topological polar surface area (TPSA) is 100 Å². The van der Waals surface area contributed by atoms with E-state index in [1.54, 1.807) is 24.3 Å². The van der Waals surface area contributed by atoms with Crippen LogP contribution in [0.2, 0.25) is 5.09 Å². The van der Waals surface area contributed by atoms with E-state index in [0.29, 0.717) is 11.1 Å². The van der Waals surface area contributed by atoms with Gasteiger partial charge in [0, 0.05) is 19.7 Å². The molecule has 1 aromatic rings. The summed E-state index contributed by atoms with van der Waals surface area (Å²) in [6.07, 6.45) is 3.72. The number of carbonyl (C=O) groups excluding carboxylic acids is 1. The summed E-state index contributed by atoms with van der Waals surface area (Å²) in [5, 5.41) is 13.8. The monoisotopic (exact) mass is 442 g/mol. The van der Waals surface area contributed by atoms with Gasteiger partial charge in [-0.15, -0.1) is 0 Å². The Bertz CT molecular complexity index is 812. The summed E-state index contributed by atoms with van der Waals surface area (Å²) < 4.78 is 16.2. The van der Waals surface area contributed by atoms with Gasteiger partial charge < -0.3 is 14.2 Å². The molecule has 0 aromatic heterocycles. The maximum atomic E-state index is 13.3. The van der Waals surface area contributed by atoms with E-state index in [4.69, 9.17) is 19.0 Å². The third kappa shape index (κ3) is 6.92. The van der Waals surface area contributed by atoms with Gasteiger partial charge in [-0.2, -0.15) is 0 Å². The molecule has 172 valence electrons. The van der Waals surface area contributed by atoms with Gasteiger partial charge >= 0.3 is 42.6 Å². The van der Waals surface area contributed by atoms with Crippen LogP contribution in [0.3, 0.4) is 0 Å². The Balaban J connectivity index is 0.000000920. The molecule has 32 heavy (non-hydrogen) atoms. The number of nitrogens with zero attached hydrogens (tertiary/aromatic N) is 2. The van der Waals surface area contributed by atoms with Crippen molar-refractivity contribution in [2.24, 2.45) is 0 Å². The molecule has 9 nitrogen and oxygen atoms in total. The van der Waals surface area contributed by atoms with E-state index in [9.17, 15) is 14.9 Å². The molecule has 1 atom stereocenters. The number of hydroxylamine groups is 2. The third-order valence-corrected chi connectivity index (χ3v) is 4.93. The molecule has 0 spiro atoms. The standard InChI is InChI=1S/C18H22N2O7.C4H9.Li/c1-19(26-4)17(21)18(27-12-24-2)11-14(20(22)23)10-15(25-3)16(18)13-8-6-5-7-9-13;1-3-4-2;/h5-10H,11-12H2,1-4H3;1,3-4H2,2H3;. The Morgan fingerprint density at radius 3 is 2.34 bits per heavy atom. The molecule has 1 amide bonds. The van der Waals surface area contributed by atoms with Gasteiger partial charge in [-0.05, 0) is 5.56 Å². The quantitative estimate of drug-likeness (QED) is 0.237. The number of nitro groups is 1. The number of amides is 1. The minimum atomic E-state index is -1.76. The van der Waals surface area contributed by atoms with E-state index >= 15 is 0 Å². The van der Waals surface area contributed by atoms with E-state index in [1.165, 1.54) is 52.4 Å². The first-order valence-electron chi connectivity index (χ1n) is 10.5. The second-order valence-corrected chi connectivity index (χ2v) is 7.10. The van der Waals surface area contributed by atoms with Crippen molar-refractivity contribution >= 4 is 29.2 Å². The molecule has 2 rings (SSSR count). The average molecular weight is 442 g/mol. The van der Waals surface area contributed by atoms with Gasteiger partial charge in [0.25, 0.3) is 11.6 Å². The minimum absolute atomic E-state index is 0.160. The van der Waals surface area contributed by atoms with Crippen molar-refractivity contribution < 1.29 is 28.8 Å². The van der Waals surface area contributed by atoms with Gasteiger partial charge in [0.05, 0.1) is 31.6 Å². The second-order valence-electron chi connectivity index (χ2n) is 7.10. The van der Waals surface area contributed by atoms with Crippen LogP contribution >= 0.6 is 0 Å². The molecule has 1 aliphatic carbocycles. The predicted octanol–water partition coefficient (Wildman–Crippen LogP) is 3.36.